The molecule has 0 fully saturated rings. The molecule has 0 spiro atoms. The highest BCUT2D eigenvalue weighted by Crippen LogP contribution is 2.32. The van der Waals surface area contributed by atoms with Gasteiger partial charge in [-0.05, 0) is 35.4 Å². The normalized spacial score (nSPS) is 10.5. The number of benzene rings is 2. The van der Waals surface area contributed by atoms with E-state index in [0.29, 0.717) is 11.5 Å². The summed E-state index contributed by atoms with van der Waals surface area (Å²) in [5.74, 6) is 2.91. The summed E-state index contributed by atoms with van der Waals surface area (Å²) in [4.78, 5) is 0. The molecule has 24 heavy (non-hydrogen) atoms. The van der Waals surface area contributed by atoms with Crippen LogP contribution in [0.1, 0.15) is 16.7 Å². The first kappa shape index (κ1) is 17.5. The first-order valence-corrected chi connectivity index (χ1v) is 7.44. The van der Waals surface area contributed by atoms with Crippen LogP contribution >= 0.6 is 0 Å². The summed E-state index contributed by atoms with van der Waals surface area (Å²) in [5, 5.41) is 0. The molecule has 0 atom stereocenters. The summed E-state index contributed by atoms with van der Waals surface area (Å²) < 4.78 is 21.4. The van der Waals surface area contributed by atoms with Crippen LogP contribution in [-0.2, 0) is 0 Å². The molecule has 0 aliphatic rings. The largest absolute Gasteiger partial charge is 0.497 e. The van der Waals surface area contributed by atoms with Gasteiger partial charge in [0, 0.05) is 6.07 Å². The first-order chi connectivity index (χ1) is 11.6. The van der Waals surface area contributed by atoms with E-state index >= 15 is 0 Å². The molecule has 2 aromatic carbocycles. The standard InChI is InChI=1S/C20H22O4/c1-6-18-19(23-4)11-15(12-20(18)24-5)8-7-14-9-16(21-2)13-17(10-14)22-3/h6-13H,1H2,2-5H3/b8-7+. The first-order valence-electron chi connectivity index (χ1n) is 7.44. The monoisotopic (exact) mass is 326 g/mol. The minimum atomic E-state index is 0.715. The predicted octanol–water partition coefficient (Wildman–Crippen LogP) is 4.53. The van der Waals surface area contributed by atoms with Gasteiger partial charge in [-0.25, -0.2) is 0 Å². The number of rotatable bonds is 7. The lowest BCUT2D eigenvalue weighted by Crippen LogP contribution is -1.93. The summed E-state index contributed by atoms with van der Waals surface area (Å²) in [5.41, 5.74) is 2.76. The van der Waals surface area contributed by atoms with Crippen LogP contribution in [-0.4, -0.2) is 28.4 Å². The fraction of sp³-hybridized carbons (Fsp3) is 0.200. The molecule has 0 radical (unpaired) electrons. The Bertz CT molecular complexity index is 700. The van der Waals surface area contributed by atoms with Crippen molar-refractivity contribution < 1.29 is 18.9 Å². The third-order valence-electron chi connectivity index (χ3n) is 3.61. The number of hydrogen-bond donors (Lipinski definition) is 0. The van der Waals surface area contributed by atoms with Crippen LogP contribution in [0.2, 0.25) is 0 Å². The second kappa shape index (κ2) is 8.11. The van der Waals surface area contributed by atoms with Gasteiger partial charge in [0.2, 0.25) is 0 Å². The second-order valence-electron chi connectivity index (χ2n) is 5.02. The van der Waals surface area contributed by atoms with Crippen LogP contribution in [0.4, 0.5) is 0 Å². The van der Waals surface area contributed by atoms with Crippen LogP contribution in [0.3, 0.4) is 0 Å². The quantitative estimate of drug-likeness (QED) is 0.700. The van der Waals surface area contributed by atoms with Gasteiger partial charge < -0.3 is 18.9 Å². The molecule has 2 rings (SSSR count). The van der Waals surface area contributed by atoms with E-state index in [2.05, 4.69) is 6.58 Å². The summed E-state index contributed by atoms with van der Waals surface area (Å²) in [6, 6.07) is 9.58. The highest BCUT2D eigenvalue weighted by Gasteiger charge is 2.08. The molecule has 0 heterocycles. The zero-order chi connectivity index (χ0) is 17.5. The summed E-state index contributed by atoms with van der Waals surface area (Å²) in [7, 11) is 6.52. The molecular formula is C20H22O4. The molecule has 4 nitrogen and oxygen atoms in total. The zero-order valence-corrected chi connectivity index (χ0v) is 14.5. The lowest BCUT2D eigenvalue weighted by Gasteiger charge is -2.11. The smallest absolute Gasteiger partial charge is 0.130 e. The van der Waals surface area contributed by atoms with Crippen molar-refractivity contribution >= 4 is 18.2 Å². The summed E-state index contributed by atoms with van der Waals surface area (Å²) in [6.45, 7) is 3.80. The van der Waals surface area contributed by atoms with Crippen molar-refractivity contribution in [2.24, 2.45) is 0 Å². The maximum absolute atomic E-state index is 5.42. The summed E-state index contributed by atoms with van der Waals surface area (Å²) >= 11 is 0. The third kappa shape index (κ3) is 3.90. The van der Waals surface area contributed by atoms with Crippen LogP contribution in [0, 0.1) is 0 Å². The molecule has 0 amide bonds. The van der Waals surface area contributed by atoms with Crippen molar-refractivity contribution in [3.63, 3.8) is 0 Å². The molecular weight excluding hydrogens is 304 g/mol. The molecule has 0 aromatic heterocycles. The van der Waals surface area contributed by atoms with E-state index in [1.54, 1.807) is 34.5 Å². The van der Waals surface area contributed by atoms with Crippen molar-refractivity contribution in [1.29, 1.82) is 0 Å². The van der Waals surface area contributed by atoms with E-state index in [9.17, 15) is 0 Å². The van der Waals surface area contributed by atoms with Crippen molar-refractivity contribution in [3.05, 3.63) is 53.6 Å². The summed E-state index contributed by atoms with van der Waals surface area (Å²) in [6.07, 6.45) is 5.68. The Morgan fingerprint density at radius 1 is 0.667 bits per heavy atom. The molecule has 2 aromatic rings. The molecule has 0 bridgehead atoms. The van der Waals surface area contributed by atoms with Crippen LogP contribution in [0.5, 0.6) is 23.0 Å². The van der Waals surface area contributed by atoms with E-state index < -0.39 is 0 Å². The zero-order valence-electron chi connectivity index (χ0n) is 14.5. The van der Waals surface area contributed by atoms with Gasteiger partial charge in [-0.15, -0.1) is 0 Å². The highest BCUT2D eigenvalue weighted by atomic mass is 16.5. The third-order valence-corrected chi connectivity index (χ3v) is 3.61. The number of methoxy groups -OCH3 is 4. The Morgan fingerprint density at radius 2 is 1.12 bits per heavy atom. The van der Waals surface area contributed by atoms with Gasteiger partial charge in [-0.1, -0.05) is 24.8 Å². The maximum atomic E-state index is 5.42. The molecule has 126 valence electrons. The number of hydrogen-bond acceptors (Lipinski definition) is 4. The number of ether oxygens (including phenoxy) is 4. The lowest BCUT2D eigenvalue weighted by molar-refractivity contribution is 0.392. The fourth-order valence-corrected chi connectivity index (χ4v) is 2.37. The van der Waals surface area contributed by atoms with Crippen molar-refractivity contribution in [2.75, 3.05) is 28.4 Å². The average molecular weight is 326 g/mol. The van der Waals surface area contributed by atoms with Gasteiger partial charge in [0.25, 0.3) is 0 Å². The average Bonchev–Trinajstić information content (AvgIpc) is 2.64. The molecule has 0 unspecified atom stereocenters. The van der Waals surface area contributed by atoms with E-state index in [-0.39, 0.29) is 0 Å². The Morgan fingerprint density at radius 3 is 1.50 bits per heavy atom. The molecule has 4 heteroatoms. The van der Waals surface area contributed by atoms with Crippen molar-refractivity contribution in [1.82, 2.24) is 0 Å². The van der Waals surface area contributed by atoms with E-state index in [4.69, 9.17) is 18.9 Å². The van der Waals surface area contributed by atoms with Gasteiger partial charge in [0.05, 0.1) is 34.0 Å². The van der Waals surface area contributed by atoms with E-state index in [1.165, 1.54) is 0 Å². The van der Waals surface area contributed by atoms with Crippen LogP contribution < -0.4 is 18.9 Å². The van der Waals surface area contributed by atoms with E-state index in [0.717, 1.165) is 28.2 Å². The molecule has 0 saturated carbocycles. The van der Waals surface area contributed by atoms with Gasteiger partial charge in [0.15, 0.2) is 0 Å². The Kier molecular flexibility index (Phi) is 5.90. The van der Waals surface area contributed by atoms with Gasteiger partial charge >= 0.3 is 0 Å². The molecule has 0 aliphatic carbocycles. The Balaban J connectivity index is 2.40. The molecule has 0 N–H and O–H groups in total. The van der Waals surface area contributed by atoms with Gasteiger partial charge in [-0.2, -0.15) is 0 Å². The predicted molar refractivity (Wildman–Crippen MR) is 98.1 cm³/mol. The van der Waals surface area contributed by atoms with E-state index in [1.807, 2.05) is 42.5 Å². The minimum absolute atomic E-state index is 0.715. The molecule has 0 saturated heterocycles. The van der Waals surface area contributed by atoms with Gasteiger partial charge in [-0.3, -0.25) is 0 Å². The maximum Gasteiger partial charge on any atom is 0.130 e. The van der Waals surface area contributed by atoms with Gasteiger partial charge in [0.1, 0.15) is 23.0 Å². The Labute approximate surface area is 142 Å². The topological polar surface area (TPSA) is 36.9 Å². The molecule has 0 aliphatic heterocycles. The lowest BCUT2D eigenvalue weighted by atomic mass is 10.1. The highest BCUT2D eigenvalue weighted by molar-refractivity contribution is 5.75. The van der Waals surface area contributed by atoms with Crippen LogP contribution in [0.25, 0.3) is 18.2 Å². The fourth-order valence-electron chi connectivity index (χ4n) is 2.37. The van der Waals surface area contributed by atoms with Crippen LogP contribution in [0.15, 0.2) is 36.9 Å². The second-order valence-corrected chi connectivity index (χ2v) is 5.02. The van der Waals surface area contributed by atoms with Crippen molar-refractivity contribution in [3.8, 4) is 23.0 Å². The SMILES string of the molecule is C=Cc1c(OC)cc(/C=C/c2cc(OC)cc(OC)c2)cc1OC. The van der Waals surface area contributed by atoms with Crippen molar-refractivity contribution in [2.45, 2.75) is 0 Å². The minimum Gasteiger partial charge on any atom is -0.497 e. The Hall–Kier alpha value is -2.88.